The Morgan fingerprint density at radius 2 is 1.71 bits per heavy atom. The number of hydrogen-bond acceptors (Lipinski definition) is 5. The molecule has 150 valence electrons. The molecular weight excluding hydrogens is 458 g/mol. The Kier molecular flexibility index (Phi) is 4.76. The number of nitrogens with zero attached hydrogens (tertiary/aromatic N) is 3. The van der Waals surface area contributed by atoms with Crippen LogP contribution in [0.5, 0.6) is 0 Å². The molecule has 0 aliphatic carbocycles. The third-order valence-electron chi connectivity index (χ3n) is 4.97. The second kappa shape index (κ2) is 7.73. The van der Waals surface area contributed by atoms with E-state index in [-0.39, 0.29) is 11.3 Å². The van der Waals surface area contributed by atoms with Crippen LogP contribution in [0.15, 0.2) is 82.3 Å². The molecule has 31 heavy (non-hydrogen) atoms. The number of H-pyrrole nitrogens is 2. The van der Waals surface area contributed by atoms with Gasteiger partial charge >= 0.3 is 0 Å². The molecule has 0 saturated heterocycles. The number of hydrogen-bond donors (Lipinski definition) is 2. The fourth-order valence-corrected chi connectivity index (χ4v) is 3.98. The van der Waals surface area contributed by atoms with Crippen LogP contribution in [-0.2, 0) is 0 Å². The summed E-state index contributed by atoms with van der Waals surface area (Å²) in [5.74, 6) is -0.519. The summed E-state index contributed by atoms with van der Waals surface area (Å²) in [6.07, 6.45) is 3.23. The lowest BCUT2D eigenvalue weighted by atomic mass is 9.92. The number of carbonyl (C=O) groups is 1. The number of aromatic amines is 2. The first-order chi connectivity index (χ1) is 15.1. The van der Waals surface area contributed by atoms with Crippen LogP contribution in [0.2, 0.25) is 0 Å². The second-order valence-electron chi connectivity index (χ2n) is 6.87. The van der Waals surface area contributed by atoms with Crippen molar-refractivity contribution in [2.45, 2.75) is 0 Å². The number of ketones is 1. The van der Waals surface area contributed by atoms with Crippen LogP contribution in [0.3, 0.4) is 0 Å². The number of fused-ring (bicyclic) bond motifs is 1. The standard InChI is InChI=1S/C23H14BrN5O2/c24-15-10-14(11-25-12-15)20-21(28-29-27-20)22(30)19-18(13-6-2-1-3-7-13)16-8-4-5-9-17(16)26-23(19)31/h1-12H,(H,26,31)(H,27,28,29). The molecule has 0 saturated carbocycles. The summed E-state index contributed by atoms with van der Waals surface area (Å²) in [5.41, 5.74) is 2.59. The van der Waals surface area contributed by atoms with Gasteiger partial charge in [0.2, 0.25) is 5.78 Å². The second-order valence-corrected chi connectivity index (χ2v) is 7.79. The highest BCUT2D eigenvalue weighted by Crippen LogP contribution is 2.32. The molecule has 2 aromatic carbocycles. The van der Waals surface area contributed by atoms with E-state index in [2.05, 4.69) is 41.3 Å². The quantitative estimate of drug-likeness (QED) is 0.378. The summed E-state index contributed by atoms with van der Waals surface area (Å²) in [4.78, 5) is 33.7. The fraction of sp³-hybridized carbons (Fsp3) is 0. The van der Waals surface area contributed by atoms with Crippen molar-refractivity contribution in [2.24, 2.45) is 0 Å². The Morgan fingerprint density at radius 3 is 2.52 bits per heavy atom. The van der Waals surface area contributed by atoms with Crippen molar-refractivity contribution in [1.82, 2.24) is 25.4 Å². The van der Waals surface area contributed by atoms with Crippen LogP contribution < -0.4 is 5.56 Å². The SMILES string of the molecule is O=C(c1nn[nH]c1-c1cncc(Br)c1)c1c(-c2ccccc2)c2ccccc2[nH]c1=O. The Labute approximate surface area is 184 Å². The summed E-state index contributed by atoms with van der Waals surface area (Å²) in [6, 6.07) is 18.6. The summed E-state index contributed by atoms with van der Waals surface area (Å²) < 4.78 is 0.742. The third-order valence-corrected chi connectivity index (χ3v) is 5.40. The maximum absolute atomic E-state index is 13.7. The summed E-state index contributed by atoms with van der Waals surface area (Å²) in [7, 11) is 0. The van der Waals surface area contributed by atoms with Crippen LogP contribution in [0.1, 0.15) is 16.1 Å². The van der Waals surface area contributed by atoms with Crippen LogP contribution in [0.4, 0.5) is 0 Å². The first kappa shape index (κ1) is 19.1. The molecule has 0 atom stereocenters. The van der Waals surface area contributed by atoms with Crippen molar-refractivity contribution in [3.05, 3.63) is 99.1 Å². The van der Waals surface area contributed by atoms with Crippen molar-refractivity contribution in [3.63, 3.8) is 0 Å². The first-order valence-corrected chi connectivity index (χ1v) is 10.2. The van der Waals surface area contributed by atoms with Gasteiger partial charge in [0.05, 0.1) is 11.3 Å². The van der Waals surface area contributed by atoms with E-state index in [1.165, 1.54) is 0 Å². The molecule has 8 heteroatoms. The predicted octanol–water partition coefficient (Wildman–Crippen LogP) is 4.37. The molecule has 7 nitrogen and oxygen atoms in total. The molecule has 0 fully saturated rings. The Morgan fingerprint density at radius 1 is 0.935 bits per heavy atom. The maximum Gasteiger partial charge on any atom is 0.260 e. The monoisotopic (exact) mass is 471 g/mol. The Hall–Kier alpha value is -3.91. The molecule has 3 heterocycles. The molecule has 0 radical (unpaired) electrons. The van der Waals surface area contributed by atoms with Crippen molar-refractivity contribution in [1.29, 1.82) is 0 Å². The number of aromatic nitrogens is 5. The van der Waals surface area contributed by atoms with E-state index in [9.17, 15) is 9.59 Å². The average Bonchev–Trinajstić information content (AvgIpc) is 3.28. The van der Waals surface area contributed by atoms with Crippen molar-refractivity contribution in [2.75, 3.05) is 0 Å². The zero-order valence-electron chi connectivity index (χ0n) is 16.0. The Balaban J connectivity index is 1.78. The number of pyridine rings is 2. The van der Waals surface area contributed by atoms with Gasteiger partial charge in [0.25, 0.3) is 5.56 Å². The topological polar surface area (TPSA) is 104 Å². The number of rotatable bonds is 4. The smallest absolute Gasteiger partial charge is 0.260 e. The van der Waals surface area contributed by atoms with Crippen molar-refractivity contribution < 1.29 is 4.79 Å². The largest absolute Gasteiger partial charge is 0.321 e. The minimum absolute atomic E-state index is 0.0167. The summed E-state index contributed by atoms with van der Waals surface area (Å²) in [6.45, 7) is 0. The Bertz CT molecular complexity index is 1490. The lowest BCUT2D eigenvalue weighted by Gasteiger charge is -2.12. The van der Waals surface area contributed by atoms with Crippen molar-refractivity contribution >= 4 is 32.6 Å². The van der Waals surface area contributed by atoms with Crippen LogP contribution in [-0.4, -0.2) is 31.2 Å². The fourth-order valence-electron chi connectivity index (χ4n) is 3.62. The minimum Gasteiger partial charge on any atom is -0.321 e. The predicted molar refractivity (Wildman–Crippen MR) is 121 cm³/mol. The van der Waals surface area contributed by atoms with Crippen LogP contribution in [0, 0.1) is 0 Å². The minimum atomic E-state index is -0.519. The molecule has 0 unspecified atom stereocenters. The van der Waals surface area contributed by atoms with Gasteiger partial charge in [0, 0.05) is 38.9 Å². The highest BCUT2D eigenvalue weighted by Gasteiger charge is 2.26. The van der Waals surface area contributed by atoms with Gasteiger partial charge in [-0.2, -0.15) is 0 Å². The molecule has 2 N–H and O–H groups in total. The van der Waals surface area contributed by atoms with E-state index in [4.69, 9.17) is 0 Å². The molecule has 0 aliphatic rings. The third kappa shape index (κ3) is 3.36. The van der Waals surface area contributed by atoms with Gasteiger partial charge in [-0.1, -0.05) is 53.7 Å². The summed E-state index contributed by atoms with van der Waals surface area (Å²) in [5, 5.41) is 11.4. The highest BCUT2D eigenvalue weighted by atomic mass is 79.9. The number of para-hydroxylation sites is 1. The normalized spacial score (nSPS) is 11.0. The van der Waals surface area contributed by atoms with E-state index in [0.717, 1.165) is 15.4 Å². The maximum atomic E-state index is 13.7. The zero-order valence-corrected chi connectivity index (χ0v) is 17.6. The number of halogens is 1. The van der Waals surface area contributed by atoms with E-state index in [0.29, 0.717) is 22.3 Å². The molecule has 5 rings (SSSR count). The number of benzene rings is 2. The first-order valence-electron chi connectivity index (χ1n) is 9.40. The highest BCUT2D eigenvalue weighted by molar-refractivity contribution is 9.10. The van der Waals surface area contributed by atoms with Gasteiger partial charge in [0.15, 0.2) is 5.69 Å². The number of nitrogens with one attached hydrogen (secondary N) is 2. The van der Waals surface area contributed by atoms with Gasteiger partial charge < -0.3 is 4.98 Å². The molecule has 0 aliphatic heterocycles. The lowest BCUT2D eigenvalue weighted by molar-refractivity contribution is 0.103. The van der Waals surface area contributed by atoms with E-state index in [1.807, 2.05) is 54.6 Å². The summed E-state index contributed by atoms with van der Waals surface area (Å²) >= 11 is 3.38. The van der Waals surface area contributed by atoms with Crippen LogP contribution in [0.25, 0.3) is 33.3 Å². The average molecular weight is 472 g/mol. The van der Waals surface area contributed by atoms with Gasteiger partial charge in [0.1, 0.15) is 0 Å². The molecule has 5 aromatic rings. The van der Waals surface area contributed by atoms with E-state index >= 15 is 0 Å². The van der Waals surface area contributed by atoms with Gasteiger partial charge in [-0.15, -0.1) is 5.10 Å². The molecule has 3 aromatic heterocycles. The number of carbonyl (C=O) groups excluding carboxylic acids is 1. The van der Waals surface area contributed by atoms with E-state index < -0.39 is 11.3 Å². The lowest BCUT2D eigenvalue weighted by Crippen LogP contribution is -2.21. The molecule has 0 spiro atoms. The van der Waals surface area contributed by atoms with Gasteiger partial charge in [-0.3, -0.25) is 19.7 Å². The van der Waals surface area contributed by atoms with Gasteiger partial charge in [-0.25, -0.2) is 0 Å². The van der Waals surface area contributed by atoms with Gasteiger partial charge in [-0.05, 0) is 33.6 Å². The van der Waals surface area contributed by atoms with Crippen LogP contribution >= 0.6 is 15.9 Å². The van der Waals surface area contributed by atoms with E-state index in [1.54, 1.807) is 18.5 Å². The zero-order chi connectivity index (χ0) is 21.4. The van der Waals surface area contributed by atoms with Crippen molar-refractivity contribution in [3.8, 4) is 22.4 Å². The molecule has 0 amide bonds. The molecule has 0 bridgehead atoms. The molecular formula is C23H14BrN5O2.